The quantitative estimate of drug-likeness (QED) is 0.574. The van der Waals surface area contributed by atoms with Crippen LogP contribution in [-0.2, 0) is 13.0 Å². The Labute approximate surface area is 184 Å². The van der Waals surface area contributed by atoms with Gasteiger partial charge in [0.25, 0.3) is 0 Å². The van der Waals surface area contributed by atoms with Gasteiger partial charge >= 0.3 is 17.1 Å². The summed E-state index contributed by atoms with van der Waals surface area (Å²) in [5, 5.41) is 21.8. The molecule has 1 aliphatic rings. The van der Waals surface area contributed by atoms with Crippen molar-refractivity contribution in [1.29, 1.82) is 0 Å². The number of hydrogen-bond donors (Lipinski definition) is 2. The molecule has 3 atom stereocenters. The van der Waals surface area contributed by atoms with Crippen molar-refractivity contribution in [2.75, 3.05) is 6.61 Å². The molecule has 0 saturated carbocycles. The molecular formula is C22H41NO5Si2. The highest BCUT2D eigenvalue weighted by atomic mass is 28.5. The number of aliphatic hydroxyl groups is 2. The minimum absolute atomic E-state index is 0.156. The van der Waals surface area contributed by atoms with Gasteiger partial charge in [-0.3, -0.25) is 4.98 Å². The summed E-state index contributed by atoms with van der Waals surface area (Å²) >= 11 is 0. The molecule has 1 fully saturated rings. The molecule has 0 bridgehead atoms. The first-order valence-electron chi connectivity index (χ1n) is 11.2. The lowest BCUT2D eigenvalue weighted by atomic mass is 10.0. The van der Waals surface area contributed by atoms with Crippen molar-refractivity contribution in [2.45, 2.75) is 102 Å². The molecule has 2 heterocycles. The number of nitrogens with zero attached hydrogens (tertiary/aromatic N) is 1. The predicted octanol–water partition coefficient (Wildman–Crippen LogP) is 4.82. The number of aromatic nitrogens is 1. The Balaban J connectivity index is 2.43. The average molecular weight is 456 g/mol. The van der Waals surface area contributed by atoms with Crippen LogP contribution in [0.15, 0.2) is 24.4 Å². The number of aliphatic hydroxyl groups excluding tert-OH is 2. The third-order valence-corrected chi connectivity index (χ3v) is 16.5. The van der Waals surface area contributed by atoms with Crippen molar-refractivity contribution in [3.63, 3.8) is 0 Å². The third kappa shape index (κ3) is 5.23. The molecule has 2 rings (SSSR count). The van der Waals surface area contributed by atoms with Gasteiger partial charge < -0.3 is 23.2 Å². The van der Waals surface area contributed by atoms with Gasteiger partial charge in [0.1, 0.15) is 6.10 Å². The molecule has 6 nitrogen and oxygen atoms in total. The smallest absolute Gasteiger partial charge is 0.335 e. The van der Waals surface area contributed by atoms with Gasteiger partial charge in [-0.25, -0.2) is 0 Å². The van der Waals surface area contributed by atoms with E-state index in [1.165, 1.54) is 0 Å². The molecular weight excluding hydrogens is 414 g/mol. The van der Waals surface area contributed by atoms with Crippen LogP contribution in [0.2, 0.25) is 22.2 Å². The predicted molar refractivity (Wildman–Crippen MR) is 124 cm³/mol. The third-order valence-electron chi connectivity index (χ3n) is 6.27. The molecule has 1 aromatic rings. The van der Waals surface area contributed by atoms with Gasteiger partial charge in [-0.1, -0.05) is 61.5 Å². The van der Waals surface area contributed by atoms with Crippen LogP contribution in [0.25, 0.3) is 0 Å². The summed E-state index contributed by atoms with van der Waals surface area (Å²) in [6.07, 6.45) is -0.330. The molecule has 0 radical (unpaired) electrons. The van der Waals surface area contributed by atoms with Crippen LogP contribution in [0.1, 0.15) is 73.6 Å². The maximum Gasteiger partial charge on any atom is 0.335 e. The number of pyridine rings is 1. The zero-order valence-electron chi connectivity index (χ0n) is 19.8. The summed E-state index contributed by atoms with van der Waals surface area (Å²) in [5.74, 6) is 0. The highest BCUT2D eigenvalue weighted by Gasteiger charge is 2.58. The molecule has 1 aromatic heterocycles. The Morgan fingerprint density at radius 1 is 0.967 bits per heavy atom. The minimum Gasteiger partial charge on any atom is -0.414 e. The maximum absolute atomic E-state index is 11.1. The standard InChI is InChI=1S/C22H41NO5Si2/c1-15(2)29(16(3)4)26-14-21(25)22(13-20(24)19-11-9-10-12-23-19)27-30(28-29,17(5)6)18(7)8/h9-12,15-18,20-22,24-25H,13-14H2,1-8H3/t20?,21-,22+/m1/s1. The van der Waals surface area contributed by atoms with Crippen LogP contribution in [0.3, 0.4) is 0 Å². The van der Waals surface area contributed by atoms with E-state index in [4.69, 9.17) is 13.0 Å². The van der Waals surface area contributed by atoms with Crippen LogP contribution >= 0.6 is 0 Å². The average Bonchev–Trinajstić information content (AvgIpc) is 2.67. The zero-order chi connectivity index (χ0) is 22.7. The molecule has 2 N–H and O–H groups in total. The molecule has 1 aliphatic heterocycles. The van der Waals surface area contributed by atoms with Crippen molar-refractivity contribution in [2.24, 2.45) is 0 Å². The van der Waals surface area contributed by atoms with Crippen LogP contribution in [0.4, 0.5) is 0 Å². The Morgan fingerprint density at radius 2 is 1.53 bits per heavy atom. The van der Waals surface area contributed by atoms with Crippen LogP contribution in [-0.4, -0.2) is 51.1 Å². The van der Waals surface area contributed by atoms with Crippen LogP contribution in [0.5, 0.6) is 0 Å². The first-order valence-corrected chi connectivity index (χ1v) is 15.2. The van der Waals surface area contributed by atoms with Crippen LogP contribution < -0.4 is 0 Å². The Kier molecular flexibility index (Phi) is 8.83. The van der Waals surface area contributed by atoms with E-state index in [9.17, 15) is 10.2 Å². The molecule has 0 amide bonds. The molecule has 8 heteroatoms. The Hall–Kier alpha value is -0.616. The lowest BCUT2D eigenvalue weighted by molar-refractivity contribution is -0.0555. The van der Waals surface area contributed by atoms with Crippen molar-refractivity contribution in [3.05, 3.63) is 30.1 Å². The number of rotatable bonds is 7. The molecule has 172 valence electrons. The van der Waals surface area contributed by atoms with Crippen molar-refractivity contribution >= 4 is 17.1 Å². The summed E-state index contributed by atoms with van der Waals surface area (Å²) in [6.45, 7) is 17.4. The van der Waals surface area contributed by atoms with Gasteiger partial charge in [0.2, 0.25) is 0 Å². The highest BCUT2D eigenvalue weighted by molar-refractivity contribution is 6.83. The molecule has 0 aromatic carbocycles. The topological polar surface area (TPSA) is 81.0 Å². The Morgan fingerprint density at radius 3 is 2.00 bits per heavy atom. The highest BCUT2D eigenvalue weighted by Crippen LogP contribution is 2.46. The first-order chi connectivity index (χ1) is 14.0. The maximum atomic E-state index is 11.1. The summed E-state index contributed by atoms with van der Waals surface area (Å²) in [6, 6.07) is 5.45. The first kappa shape index (κ1) is 25.6. The van der Waals surface area contributed by atoms with Gasteiger partial charge in [-0.15, -0.1) is 0 Å². The summed E-state index contributed by atoms with van der Waals surface area (Å²) in [5.41, 5.74) is 1.38. The summed E-state index contributed by atoms with van der Waals surface area (Å²) in [7, 11) is -5.46. The molecule has 0 aliphatic carbocycles. The van der Waals surface area contributed by atoms with Gasteiger partial charge in [0, 0.05) is 12.6 Å². The molecule has 30 heavy (non-hydrogen) atoms. The largest absolute Gasteiger partial charge is 0.414 e. The van der Waals surface area contributed by atoms with E-state index in [0.717, 1.165) is 0 Å². The molecule has 0 spiro atoms. The fourth-order valence-electron chi connectivity index (χ4n) is 4.47. The second-order valence-electron chi connectivity index (χ2n) is 9.70. The van der Waals surface area contributed by atoms with E-state index in [2.05, 4.69) is 60.4 Å². The van der Waals surface area contributed by atoms with E-state index in [-0.39, 0.29) is 35.2 Å². The summed E-state index contributed by atoms with van der Waals surface area (Å²) in [4.78, 5) is 4.26. The second-order valence-corrected chi connectivity index (χ2v) is 18.5. The van der Waals surface area contributed by atoms with Crippen LogP contribution in [0, 0.1) is 0 Å². The van der Waals surface area contributed by atoms with Crippen molar-refractivity contribution in [3.8, 4) is 0 Å². The fourth-order valence-corrected chi connectivity index (χ4v) is 15.7. The van der Waals surface area contributed by atoms with Gasteiger partial charge in [-0.05, 0) is 34.3 Å². The monoisotopic (exact) mass is 455 g/mol. The molecule has 1 saturated heterocycles. The Bertz CT molecular complexity index is 640. The molecule has 1 unspecified atom stereocenters. The normalized spacial score (nSPS) is 25.5. The van der Waals surface area contributed by atoms with Gasteiger partial charge in [0.15, 0.2) is 0 Å². The van der Waals surface area contributed by atoms with E-state index in [1.807, 2.05) is 12.1 Å². The minimum atomic E-state index is -2.81. The number of hydrogen-bond acceptors (Lipinski definition) is 6. The van der Waals surface area contributed by atoms with Gasteiger partial charge in [-0.2, -0.15) is 0 Å². The van der Waals surface area contributed by atoms with E-state index in [0.29, 0.717) is 5.69 Å². The lowest BCUT2D eigenvalue weighted by Gasteiger charge is -2.51. The van der Waals surface area contributed by atoms with E-state index in [1.54, 1.807) is 12.3 Å². The second kappa shape index (κ2) is 10.3. The lowest BCUT2D eigenvalue weighted by Crippen LogP contribution is -2.65. The van der Waals surface area contributed by atoms with E-state index < -0.39 is 35.4 Å². The fraction of sp³-hybridized carbons (Fsp3) is 0.773. The van der Waals surface area contributed by atoms with Crippen molar-refractivity contribution < 1.29 is 23.2 Å². The summed E-state index contributed by atoms with van der Waals surface area (Å²) < 4.78 is 20.4. The SMILES string of the molecule is CC(C)[Si]1(C(C)C)OC[C@@H](O)[C@H](CC(O)c2ccccn2)O[Si](C(C)C)(C(C)C)O1. The zero-order valence-corrected chi connectivity index (χ0v) is 21.8. The van der Waals surface area contributed by atoms with Crippen molar-refractivity contribution in [1.82, 2.24) is 4.98 Å². The van der Waals surface area contributed by atoms with E-state index >= 15 is 0 Å². The van der Waals surface area contributed by atoms with Gasteiger partial charge in [0.05, 0.1) is 24.5 Å².